The number of hydrogen-bond acceptors (Lipinski definition) is 1. The lowest BCUT2D eigenvalue weighted by atomic mass is 10.4. The molecule has 0 aliphatic heterocycles. The average molecular weight is 247 g/mol. The fourth-order valence-corrected chi connectivity index (χ4v) is 0.843. The van der Waals surface area contributed by atoms with Gasteiger partial charge in [-0.2, -0.15) is 4.98 Å². The highest BCUT2D eigenvalue weighted by Crippen LogP contribution is 2.06. The summed E-state index contributed by atoms with van der Waals surface area (Å²) in [6, 6.07) is 5.86. The molecule has 0 spiro atoms. The van der Waals surface area contributed by atoms with E-state index in [0.717, 1.165) is 11.1 Å². The van der Waals surface area contributed by atoms with Crippen molar-refractivity contribution in [2.45, 2.75) is 0 Å². The first kappa shape index (κ1) is 7.53. The molecule has 0 aliphatic rings. The third-order valence-corrected chi connectivity index (χ3v) is 1.28. The number of pyridine rings is 1. The molecule has 2 nitrogen and oxygen atoms in total. The minimum atomic E-state index is 0. The Morgan fingerprint density at radius 2 is 2.20 bits per heavy atom. The standard InChI is InChI=1S/C7H5NO.HI/c1-2-6-3-5-9-7(6)8-4-1;/h1-5H;1H. The first-order chi connectivity index (χ1) is 4.47. The van der Waals surface area contributed by atoms with Crippen LogP contribution in [-0.2, 0) is 0 Å². The number of H-pyrrole nitrogens is 1. The summed E-state index contributed by atoms with van der Waals surface area (Å²) in [7, 11) is 0. The molecule has 0 aromatic carbocycles. The van der Waals surface area contributed by atoms with Crippen molar-refractivity contribution in [3.8, 4) is 0 Å². The maximum absolute atomic E-state index is 5.06. The fourth-order valence-electron chi connectivity index (χ4n) is 0.843. The molecule has 0 radical (unpaired) electrons. The predicted octanol–water partition coefficient (Wildman–Crippen LogP) is -1.75. The minimum Gasteiger partial charge on any atom is -1.00 e. The molecule has 0 saturated carbocycles. The van der Waals surface area contributed by atoms with Crippen LogP contribution in [0.4, 0.5) is 0 Å². The smallest absolute Gasteiger partial charge is 0.378 e. The quantitative estimate of drug-likeness (QED) is 0.507. The van der Waals surface area contributed by atoms with Gasteiger partial charge in [-0.3, -0.25) is 0 Å². The zero-order valence-corrected chi connectivity index (χ0v) is 7.33. The number of rotatable bonds is 0. The number of furan rings is 1. The largest absolute Gasteiger partial charge is 1.00 e. The lowest BCUT2D eigenvalue weighted by Crippen LogP contribution is -3.00. The highest BCUT2D eigenvalue weighted by molar-refractivity contribution is 5.69. The van der Waals surface area contributed by atoms with Gasteiger partial charge in [-0.1, -0.05) is 0 Å². The van der Waals surface area contributed by atoms with E-state index in [0.29, 0.717) is 0 Å². The number of hydrogen-bond donors (Lipinski definition) is 0. The van der Waals surface area contributed by atoms with Crippen LogP contribution in [-0.4, -0.2) is 0 Å². The summed E-state index contributed by atoms with van der Waals surface area (Å²) < 4.78 is 5.06. The molecule has 1 N–H and O–H groups in total. The monoisotopic (exact) mass is 247 g/mol. The summed E-state index contributed by atoms with van der Waals surface area (Å²) in [4.78, 5) is 2.96. The van der Waals surface area contributed by atoms with E-state index in [4.69, 9.17) is 4.42 Å². The van der Waals surface area contributed by atoms with Crippen molar-refractivity contribution in [2.24, 2.45) is 0 Å². The molecule has 2 heterocycles. The minimum absolute atomic E-state index is 0. The molecule has 0 aliphatic carbocycles. The van der Waals surface area contributed by atoms with Crippen molar-refractivity contribution in [1.29, 1.82) is 0 Å². The number of halogens is 1. The van der Waals surface area contributed by atoms with Gasteiger partial charge in [0.2, 0.25) is 0 Å². The summed E-state index contributed by atoms with van der Waals surface area (Å²) in [5.74, 6) is 0. The zero-order chi connectivity index (χ0) is 6.10. The van der Waals surface area contributed by atoms with E-state index < -0.39 is 0 Å². The second-order valence-corrected chi connectivity index (χ2v) is 1.88. The first-order valence-corrected chi connectivity index (χ1v) is 2.81. The van der Waals surface area contributed by atoms with E-state index in [1.807, 2.05) is 24.4 Å². The highest BCUT2D eigenvalue weighted by atomic mass is 127. The van der Waals surface area contributed by atoms with Crippen molar-refractivity contribution in [1.82, 2.24) is 0 Å². The van der Waals surface area contributed by atoms with Crippen LogP contribution in [0.1, 0.15) is 0 Å². The van der Waals surface area contributed by atoms with E-state index in [2.05, 4.69) is 4.98 Å². The maximum atomic E-state index is 5.06. The molecular formula is C7H6INO. The van der Waals surface area contributed by atoms with Crippen LogP contribution < -0.4 is 29.0 Å². The Morgan fingerprint density at radius 1 is 1.30 bits per heavy atom. The maximum Gasteiger partial charge on any atom is 0.378 e. The van der Waals surface area contributed by atoms with E-state index in [-0.39, 0.29) is 24.0 Å². The van der Waals surface area contributed by atoms with Crippen molar-refractivity contribution < 1.29 is 33.4 Å². The van der Waals surface area contributed by atoms with Gasteiger partial charge in [0, 0.05) is 6.07 Å². The Bertz CT molecular complexity index is 288. The van der Waals surface area contributed by atoms with Gasteiger partial charge in [-0.15, -0.1) is 0 Å². The third-order valence-electron chi connectivity index (χ3n) is 1.28. The molecule has 0 saturated heterocycles. The highest BCUT2D eigenvalue weighted by Gasteiger charge is 1.98. The number of fused-ring (bicyclic) bond motifs is 1. The Labute approximate surface area is 75.3 Å². The summed E-state index contributed by atoms with van der Waals surface area (Å²) in [5, 5.41) is 1.11. The molecule has 0 atom stereocenters. The second kappa shape index (κ2) is 3.01. The van der Waals surface area contributed by atoms with Crippen LogP contribution >= 0.6 is 0 Å². The van der Waals surface area contributed by atoms with Crippen molar-refractivity contribution in [3.05, 3.63) is 30.7 Å². The molecule has 2 aromatic rings. The van der Waals surface area contributed by atoms with Crippen LogP contribution in [0.3, 0.4) is 0 Å². The SMILES string of the molecule is [I-].c1c[nH+]c2occc2c1. The van der Waals surface area contributed by atoms with E-state index in [1.54, 1.807) is 6.26 Å². The Balaban J connectivity index is 0.000000500. The number of aromatic amines is 1. The van der Waals surface area contributed by atoms with Crippen LogP contribution in [0.25, 0.3) is 11.1 Å². The average Bonchev–Trinajstić information content (AvgIpc) is 2.33. The van der Waals surface area contributed by atoms with Gasteiger partial charge >= 0.3 is 5.71 Å². The first-order valence-electron chi connectivity index (χ1n) is 2.81. The Morgan fingerprint density at radius 3 is 3.00 bits per heavy atom. The van der Waals surface area contributed by atoms with Crippen LogP contribution in [0.2, 0.25) is 0 Å². The summed E-state index contributed by atoms with van der Waals surface area (Å²) in [6.07, 6.45) is 3.51. The lowest BCUT2D eigenvalue weighted by molar-refractivity contribution is -0.356. The zero-order valence-electron chi connectivity index (χ0n) is 5.17. The molecule has 52 valence electrons. The normalized spacial score (nSPS) is 9.20. The molecule has 2 rings (SSSR count). The van der Waals surface area contributed by atoms with Gasteiger partial charge in [-0.25, -0.2) is 0 Å². The van der Waals surface area contributed by atoms with Crippen LogP contribution in [0, 0.1) is 0 Å². The van der Waals surface area contributed by atoms with E-state index in [9.17, 15) is 0 Å². The molecular weight excluding hydrogens is 241 g/mol. The third kappa shape index (κ3) is 1.13. The van der Waals surface area contributed by atoms with Crippen LogP contribution in [0.15, 0.2) is 35.1 Å². The van der Waals surface area contributed by atoms with Gasteiger partial charge in [-0.05, 0) is 12.1 Å². The van der Waals surface area contributed by atoms with Gasteiger partial charge < -0.3 is 28.4 Å². The molecule has 3 heteroatoms. The molecule has 0 unspecified atom stereocenters. The Hall–Kier alpha value is -0.580. The lowest BCUT2D eigenvalue weighted by Gasteiger charge is -1.73. The van der Waals surface area contributed by atoms with Gasteiger partial charge in [0.1, 0.15) is 0 Å². The van der Waals surface area contributed by atoms with E-state index >= 15 is 0 Å². The molecule has 0 fully saturated rings. The summed E-state index contributed by atoms with van der Waals surface area (Å²) in [6.45, 7) is 0. The Kier molecular flexibility index (Phi) is 2.26. The molecule has 10 heavy (non-hydrogen) atoms. The number of aromatic nitrogens is 1. The summed E-state index contributed by atoms with van der Waals surface area (Å²) in [5.41, 5.74) is 0.831. The topological polar surface area (TPSA) is 27.3 Å². The molecule has 0 amide bonds. The van der Waals surface area contributed by atoms with Gasteiger partial charge in [0.05, 0.1) is 11.6 Å². The van der Waals surface area contributed by atoms with Crippen molar-refractivity contribution in [2.75, 3.05) is 0 Å². The van der Waals surface area contributed by atoms with Gasteiger partial charge in [0.15, 0.2) is 6.20 Å². The van der Waals surface area contributed by atoms with Gasteiger partial charge in [0.25, 0.3) is 0 Å². The summed E-state index contributed by atoms with van der Waals surface area (Å²) >= 11 is 0. The molecule has 2 aromatic heterocycles. The van der Waals surface area contributed by atoms with Crippen molar-refractivity contribution >= 4 is 11.1 Å². The van der Waals surface area contributed by atoms with Crippen LogP contribution in [0.5, 0.6) is 0 Å². The second-order valence-electron chi connectivity index (χ2n) is 1.88. The molecule has 0 bridgehead atoms. The van der Waals surface area contributed by atoms with Crippen molar-refractivity contribution in [3.63, 3.8) is 0 Å². The van der Waals surface area contributed by atoms with E-state index in [1.165, 1.54) is 0 Å². The number of nitrogens with one attached hydrogen (secondary N) is 1. The predicted molar refractivity (Wildman–Crippen MR) is 32.8 cm³/mol. The fraction of sp³-hybridized carbons (Fsp3) is 0.